The highest BCUT2D eigenvalue weighted by Gasteiger charge is 2.22. The molecule has 1 heterocycles. The molecule has 0 aliphatic carbocycles. The van der Waals surface area contributed by atoms with Crippen LogP contribution in [0.15, 0.2) is 66.7 Å². The van der Waals surface area contributed by atoms with Crippen LogP contribution in [0.25, 0.3) is 10.9 Å². The predicted octanol–water partition coefficient (Wildman–Crippen LogP) is 4.51. The lowest BCUT2D eigenvalue weighted by molar-refractivity contribution is -0.117. The molecule has 0 fully saturated rings. The number of ether oxygens (including phenoxy) is 1. The predicted molar refractivity (Wildman–Crippen MR) is 136 cm³/mol. The zero-order valence-corrected chi connectivity index (χ0v) is 20.1. The molecule has 178 valence electrons. The van der Waals surface area contributed by atoms with E-state index in [9.17, 15) is 14.4 Å². The van der Waals surface area contributed by atoms with Gasteiger partial charge in [0.1, 0.15) is 5.75 Å². The van der Waals surface area contributed by atoms with Crippen LogP contribution < -0.4 is 15.8 Å². The fourth-order valence-corrected chi connectivity index (χ4v) is 4.19. The van der Waals surface area contributed by atoms with Crippen LogP contribution in [0, 0.1) is 6.92 Å². The topological polar surface area (TPSA) is 103 Å². The number of nitrogens with zero attached hydrogens (tertiary/aromatic N) is 1. The second kappa shape index (κ2) is 10.0. The molecule has 0 aliphatic heterocycles. The second-order valence-electron chi connectivity index (χ2n) is 8.16. The van der Waals surface area contributed by atoms with E-state index in [0.717, 1.165) is 16.5 Å². The molecule has 35 heavy (non-hydrogen) atoms. The number of rotatable bonds is 7. The van der Waals surface area contributed by atoms with E-state index in [2.05, 4.69) is 5.32 Å². The van der Waals surface area contributed by atoms with Gasteiger partial charge >= 0.3 is 0 Å². The summed E-state index contributed by atoms with van der Waals surface area (Å²) in [6.45, 7) is 1.82. The number of nitrogens with one attached hydrogen (secondary N) is 1. The minimum absolute atomic E-state index is 0.0550. The summed E-state index contributed by atoms with van der Waals surface area (Å²) >= 11 is 5.98. The van der Waals surface area contributed by atoms with Crippen molar-refractivity contribution in [2.75, 3.05) is 12.4 Å². The van der Waals surface area contributed by atoms with Crippen LogP contribution in [0.3, 0.4) is 0 Å². The molecule has 8 heteroatoms. The number of nitrogens with two attached hydrogens (primary N) is 1. The van der Waals surface area contributed by atoms with Gasteiger partial charge in [0.15, 0.2) is 0 Å². The van der Waals surface area contributed by atoms with E-state index in [-0.39, 0.29) is 24.7 Å². The largest absolute Gasteiger partial charge is 0.497 e. The van der Waals surface area contributed by atoms with Crippen LogP contribution in [-0.4, -0.2) is 29.4 Å². The molecule has 0 atom stereocenters. The molecule has 4 rings (SSSR count). The molecule has 2 amide bonds. The van der Waals surface area contributed by atoms with E-state index in [1.807, 2.05) is 19.1 Å². The Kier molecular flexibility index (Phi) is 6.89. The summed E-state index contributed by atoms with van der Waals surface area (Å²) in [4.78, 5) is 37.4. The standard InChI is InChI=1S/C27H24ClN3O4/c1-16-22(15-26(33)30-20-9-3-17(4-10-20)13-25(29)32)23-14-21(35-2)11-12-24(23)31(16)27(34)18-5-7-19(28)8-6-18/h3-12,14H,13,15H2,1-2H3,(H2,29,32)(H,30,33). The third kappa shape index (κ3) is 5.20. The van der Waals surface area contributed by atoms with E-state index < -0.39 is 5.91 Å². The van der Waals surface area contributed by atoms with E-state index in [4.69, 9.17) is 22.1 Å². The van der Waals surface area contributed by atoms with Gasteiger partial charge in [0, 0.05) is 27.4 Å². The van der Waals surface area contributed by atoms with Gasteiger partial charge in [-0.3, -0.25) is 19.0 Å². The van der Waals surface area contributed by atoms with Gasteiger partial charge in [-0.05, 0) is 72.6 Å². The van der Waals surface area contributed by atoms with Crippen LogP contribution in [0.4, 0.5) is 5.69 Å². The Morgan fingerprint density at radius 3 is 2.29 bits per heavy atom. The number of hydrogen-bond acceptors (Lipinski definition) is 4. The monoisotopic (exact) mass is 489 g/mol. The number of hydrogen-bond donors (Lipinski definition) is 2. The van der Waals surface area contributed by atoms with Crippen molar-refractivity contribution in [3.05, 3.63) is 94.1 Å². The molecule has 1 aromatic heterocycles. The van der Waals surface area contributed by atoms with Gasteiger partial charge in [0.05, 0.1) is 25.5 Å². The van der Waals surface area contributed by atoms with Gasteiger partial charge in [-0.15, -0.1) is 0 Å². The second-order valence-corrected chi connectivity index (χ2v) is 8.60. The van der Waals surface area contributed by atoms with Gasteiger partial charge in [-0.1, -0.05) is 23.7 Å². The molecule has 0 bridgehead atoms. The van der Waals surface area contributed by atoms with Crippen LogP contribution in [0.1, 0.15) is 27.2 Å². The van der Waals surface area contributed by atoms with Gasteiger partial charge in [-0.2, -0.15) is 0 Å². The molecule has 0 aliphatic rings. The van der Waals surface area contributed by atoms with Crippen LogP contribution in [0.2, 0.25) is 5.02 Å². The number of aromatic nitrogens is 1. The first kappa shape index (κ1) is 24.0. The van der Waals surface area contributed by atoms with Gasteiger partial charge in [0.2, 0.25) is 11.8 Å². The number of benzene rings is 3. The Morgan fingerprint density at radius 1 is 0.971 bits per heavy atom. The molecule has 3 N–H and O–H groups in total. The fourth-order valence-electron chi connectivity index (χ4n) is 4.07. The van der Waals surface area contributed by atoms with E-state index in [0.29, 0.717) is 33.2 Å². The maximum Gasteiger partial charge on any atom is 0.262 e. The van der Waals surface area contributed by atoms with Gasteiger partial charge in [-0.25, -0.2) is 0 Å². The van der Waals surface area contributed by atoms with E-state index in [1.165, 1.54) is 0 Å². The van der Waals surface area contributed by atoms with Crippen LogP contribution in [0.5, 0.6) is 5.75 Å². The zero-order valence-electron chi connectivity index (χ0n) is 19.3. The zero-order chi connectivity index (χ0) is 25.1. The molecular formula is C27H24ClN3O4. The summed E-state index contributed by atoms with van der Waals surface area (Å²) in [7, 11) is 1.57. The first-order valence-corrected chi connectivity index (χ1v) is 11.3. The Hall–Kier alpha value is -4.10. The average Bonchev–Trinajstić information content (AvgIpc) is 3.10. The normalized spacial score (nSPS) is 10.8. The summed E-state index contributed by atoms with van der Waals surface area (Å²) in [5, 5.41) is 4.17. The highest BCUT2D eigenvalue weighted by molar-refractivity contribution is 6.30. The van der Waals surface area contributed by atoms with Crippen LogP contribution >= 0.6 is 11.6 Å². The Bertz CT molecular complexity index is 1420. The molecule has 0 unspecified atom stereocenters. The maximum atomic E-state index is 13.4. The highest BCUT2D eigenvalue weighted by atomic mass is 35.5. The quantitative estimate of drug-likeness (QED) is 0.398. The highest BCUT2D eigenvalue weighted by Crippen LogP contribution is 2.31. The van der Waals surface area contributed by atoms with Crippen molar-refractivity contribution in [3.63, 3.8) is 0 Å². The van der Waals surface area contributed by atoms with Crippen molar-refractivity contribution in [1.82, 2.24) is 4.57 Å². The summed E-state index contributed by atoms with van der Waals surface area (Å²) in [5.74, 6) is -0.250. The molecule has 0 radical (unpaired) electrons. The maximum absolute atomic E-state index is 13.4. The summed E-state index contributed by atoms with van der Waals surface area (Å²) in [5.41, 5.74) is 9.15. The summed E-state index contributed by atoms with van der Waals surface area (Å²) < 4.78 is 6.99. The van der Waals surface area contributed by atoms with E-state index >= 15 is 0 Å². The first-order valence-electron chi connectivity index (χ1n) is 10.9. The minimum atomic E-state index is -0.419. The lowest BCUT2D eigenvalue weighted by Gasteiger charge is -2.09. The SMILES string of the molecule is COc1ccc2c(c1)c(CC(=O)Nc1ccc(CC(N)=O)cc1)c(C)n2C(=O)c1ccc(Cl)cc1. The number of anilines is 1. The number of methoxy groups -OCH3 is 1. The number of amides is 2. The number of fused-ring (bicyclic) bond motifs is 1. The number of carbonyl (C=O) groups excluding carboxylic acids is 3. The molecule has 0 saturated carbocycles. The fraction of sp³-hybridized carbons (Fsp3) is 0.148. The Morgan fingerprint density at radius 2 is 1.66 bits per heavy atom. The lowest BCUT2D eigenvalue weighted by Crippen LogP contribution is -2.17. The number of halogens is 1. The number of primary amides is 1. The van der Waals surface area contributed by atoms with Crippen molar-refractivity contribution in [1.29, 1.82) is 0 Å². The average molecular weight is 490 g/mol. The third-order valence-corrected chi connectivity index (χ3v) is 6.04. The van der Waals surface area contributed by atoms with Crippen molar-refractivity contribution in [3.8, 4) is 5.75 Å². The summed E-state index contributed by atoms with van der Waals surface area (Å²) in [6, 6.07) is 19.0. The molecular weight excluding hydrogens is 466 g/mol. The molecule has 4 aromatic rings. The number of carbonyl (C=O) groups is 3. The molecule has 0 saturated heterocycles. The lowest BCUT2D eigenvalue weighted by atomic mass is 10.1. The van der Waals surface area contributed by atoms with Crippen LogP contribution in [-0.2, 0) is 22.4 Å². The Labute approximate surface area is 207 Å². The molecule has 0 spiro atoms. The van der Waals surface area contributed by atoms with Crippen molar-refractivity contribution < 1.29 is 19.1 Å². The van der Waals surface area contributed by atoms with Gasteiger partial charge < -0.3 is 15.8 Å². The third-order valence-electron chi connectivity index (χ3n) is 5.79. The van der Waals surface area contributed by atoms with Crippen molar-refractivity contribution in [2.24, 2.45) is 5.73 Å². The first-order chi connectivity index (χ1) is 16.8. The summed E-state index contributed by atoms with van der Waals surface area (Å²) in [6.07, 6.45) is 0.190. The molecule has 7 nitrogen and oxygen atoms in total. The van der Waals surface area contributed by atoms with E-state index in [1.54, 1.807) is 66.3 Å². The minimum Gasteiger partial charge on any atom is -0.497 e. The van der Waals surface area contributed by atoms with Gasteiger partial charge in [0.25, 0.3) is 5.91 Å². The molecule has 3 aromatic carbocycles. The smallest absolute Gasteiger partial charge is 0.262 e. The van der Waals surface area contributed by atoms with Crippen molar-refractivity contribution >= 4 is 45.9 Å². The van der Waals surface area contributed by atoms with Crippen molar-refractivity contribution in [2.45, 2.75) is 19.8 Å². The Balaban J connectivity index is 1.66.